The molecule has 1 fully saturated rings. The molecule has 0 N–H and O–H groups in total. The van der Waals surface area contributed by atoms with Crippen molar-refractivity contribution in [3.63, 3.8) is 0 Å². The Morgan fingerprint density at radius 1 is 0.971 bits per heavy atom. The van der Waals surface area contributed by atoms with Gasteiger partial charge in [-0.05, 0) is 49.1 Å². The highest BCUT2D eigenvalue weighted by Crippen LogP contribution is 2.42. The summed E-state index contributed by atoms with van der Waals surface area (Å²) in [6.45, 7) is 2.24. The number of benzene rings is 1. The second-order valence-electron chi connectivity index (χ2n) is 9.65. The fraction of sp³-hybridized carbons (Fsp3) is 0.607. The lowest BCUT2D eigenvalue weighted by atomic mass is 9.76. The number of ether oxygens (including phenoxy) is 1. The van der Waals surface area contributed by atoms with E-state index in [9.17, 15) is 22.4 Å². The molecule has 1 saturated carbocycles. The third-order valence-electron chi connectivity index (χ3n) is 7.15. The first-order chi connectivity index (χ1) is 16.9. The second-order valence-corrected chi connectivity index (χ2v) is 10.6. The minimum atomic E-state index is -3.27. The predicted octanol–water partition coefficient (Wildman–Crippen LogP) is 9.99. The molecule has 1 aromatic carbocycles. The van der Waals surface area contributed by atoms with Gasteiger partial charge in [0, 0.05) is 0 Å². The largest absolute Gasteiger partial charge is 0.411 e. The Bertz CT molecular complexity index is 935. The Balaban J connectivity index is 1.51. The molecular weight excluding hydrogens is 476 g/mol. The van der Waals surface area contributed by atoms with E-state index in [1.807, 2.05) is 12.1 Å². The normalized spacial score (nSPS) is 18.2. The number of hydrogen-bond donors (Lipinski definition) is 0. The maximum Gasteiger partial charge on any atom is 0.344 e. The topological polar surface area (TPSA) is 26.3 Å². The number of carbonyl (C=O) groups is 1. The summed E-state index contributed by atoms with van der Waals surface area (Å²) in [5, 5.41) is -2.13. The minimum Gasteiger partial charge on any atom is -0.411 e. The summed E-state index contributed by atoms with van der Waals surface area (Å²) in [5.74, 6) is -1.63. The van der Waals surface area contributed by atoms with Crippen LogP contribution in [0.25, 0.3) is 0 Å². The van der Waals surface area contributed by atoms with E-state index in [0.717, 1.165) is 31.2 Å². The maximum absolute atomic E-state index is 13.7. The van der Waals surface area contributed by atoms with Crippen molar-refractivity contribution in [3.8, 4) is 5.06 Å². The summed E-state index contributed by atoms with van der Waals surface area (Å²) >= 11 is 0.0849. The first kappa shape index (κ1) is 27.7. The minimum absolute atomic E-state index is 0.0849. The molecule has 0 saturated heterocycles. The van der Waals surface area contributed by atoms with Crippen LogP contribution >= 0.6 is 11.3 Å². The predicted molar refractivity (Wildman–Crippen MR) is 133 cm³/mol. The summed E-state index contributed by atoms with van der Waals surface area (Å²) in [6, 6.07) is 6.97. The first-order valence-electron chi connectivity index (χ1n) is 13.0. The van der Waals surface area contributed by atoms with Gasteiger partial charge in [0.25, 0.3) is 6.43 Å². The Morgan fingerprint density at radius 2 is 1.60 bits per heavy atom. The van der Waals surface area contributed by atoms with Gasteiger partial charge in [-0.3, -0.25) is 0 Å². The Morgan fingerprint density at radius 3 is 2.26 bits per heavy atom. The lowest BCUT2D eigenvalue weighted by molar-refractivity contribution is 0.0726. The van der Waals surface area contributed by atoms with Crippen molar-refractivity contribution in [2.45, 2.75) is 103 Å². The van der Waals surface area contributed by atoms with Crippen LogP contribution in [0.3, 0.4) is 0 Å². The van der Waals surface area contributed by atoms with Gasteiger partial charge < -0.3 is 4.74 Å². The monoisotopic (exact) mass is 512 g/mol. The van der Waals surface area contributed by atoms with Crippen LogP contribution in [0.4, 0.5) is 17.6 Å². The summed E-state index contributed by atoms with van der Waals surface area (Å²) in [7, 11) is 0. The van der Waals surface area contributed by atoms with E-state index in [4.69, 9.17) is 4.74 Å². The molecule has 0 atom stereocenters. The van der Waals surface area contributed by atoms with E-state index in [1.165, 1.54) is 57.8 Å². The highest BCUT2D eigenvalue weighted by Gasteiger charge is 2.30. The molecular formula is C28H36F4O2S. The number of halogens is 4. The average molecular weight is 513 g/mol. The number of unbranched alkanes of at least 4 members (excludes halogenated alkanes) is 7. The molecule has 1 aromatic heterocycles. The third kappa shape index (κ3) is 7.80. The van der Waals surface area contributed by atoms with E-state index in [1.54, 1.807) is 12.1 Å². The molecule has 3 rings (SSSR count). The quantitative estimate of drug-likeness (QED) is 0.152. The van der Waals surface area contributed by atoms with Crippen molar-refractivity contribution < 1.29 is 27.1 Å². The summed E-state index contributed by atoms with van der Waals surface area (Å²) in [4.78, 5) is 12.8. The van der Waals surface area contributed by atoms with Gasteiger partial charge in [-0.25, -0.2) is 18.0 Å². The van der Waals surface area contributed by atoms with Crippen LogP contribution in [0, 0.1) is 16.9 Å². The van der Waals surface area contributed by atoms with Gasteiger partial charge in [0.1, 0.15) is 5.56 Å². The standard InChI is InChI=1S/C28H36F4O2S/c1-2-3-4-5-6-7-8-9-12-19-15-17-20(18-16-19)21-13-10-11-14-22(21)27(33)34-28-23(25(30)31)24(29)26(32)35-28/h10-11,13-14,19-20,25H,2-9,12,15-18H2,1H3. The van der Waals surface area contributed by atoms with E-state index in [-0.39, 0.29) is 22.8 Å². The molecule has 0 amide bonds. The number of carbonyl (C=O) groups excluding carboxylic acids is 1. The maximum atomic E-state index is 13.7. The van der Waals surface area contributed by atoms with Gasteiger partial charge in [-0.2, -0.15) is 4.39 Å². The molecule has 194 valence electrons. The van der Waals surface area contributed by atoms with Crippen LogP contribution in [-0.2, 0) is 0 Å². The third-order valence-corrected chi connectivity index (χ3v) is 8.00. The summed E-state index contributed by atoms with van der Waals surface area (Å²) in [5.41, 5.74) is -0.104. The van der Waals surface area contributed by atoms with Crippen LogP contribution in [0.2, 0.25) is 0 Å². The van der Waals surface area contributed by atoms with Gasteiger partial charge >= 0.3 is 5.97 Å². The van der Waals surface area contributed by atoms with Crippen molar-refractivity contribution in [1.29, 1.82) is 0 Å². The van der Waals surface area contributed by atoms with Gasteiger partial charge in [-0.15, -0.1) is 0 Å². The highest BCUT2D eigenvalue weighted by atomic mass is 32.1. The molecule has 2 nitrogen and oxygen atoms in total. The lowest BCUT2D eigenvalue weighted by Gasteiger charge is -2.29. The van der Waals surface area contributed by atoms with Crippen LogP contribution in [0.1, 0.15) is 124 Å². The van der Waals surface area contributed by atoms with E-state index < -0.39 is 34.0 Å². The molecule has 0 aliphatic heterocycles. The SMILES string of the molecule is CCCCCCCCCCC1CCC(c2ccccc2C(=O)Oc2sc(F)c(F)c2C(F)F)CC1. The Kier molecular flexibility index (Phi) is 11.1. The number of rotatable bonds is 13. The van der Waals surface area contributed by atoms with Crippen LogP contribution in [-0.4, -0.2) is 5.97 Å². The fourth-order valence-corrected chi connectivity index (χ4v) is 5.91. The van der Waals surface area contributed by atoms with E-state index >= 15 is 0 Å². The lowest BCUT2D eigenvalue weighted by Crippen LogP contribution is -2.18. The second kappa shape index (κ2) is 14.0. The number of thiophene rings is 1. The van der Waals surface area contributed by atoms with Crippen LogP contribution in [0.15, 0.2) is 24.3 Å². The zero-order chi connectivity index (χ0) is 25.2. The zero-order valence-corrected chi connectivity index (χ0v) is 21.3. The molecule has 1 heterocycles. The van der Waals surface area contributed by atoms with Crippen molar-refractivity contribution in [3.05, 3.63) is 51.9 Å². The highest BCUT2D eigenvalue weighted by molar-refractivity contribution is 7.12. The zero-order valence-electron chi connectivity index (χ0n) is 20.5. The Labute approximate surface area is 210 Å². The summed E-state index contributed by atoms with van der Waals surface area (Å²) in [6.07, 6.45) is 12.6. The van der Waals surface area contributed by atoms with Gasteiger partial charge in [-0.1, -0.05) is 94.2 Å². The number of esters is 1. The van der Waals surface area contributed by atoms with Crippen molar-refractivity contribution in [2.24, 2.45) is 5.92 Å². The molecule has 0 radical (unpaired) electrons. The molecule has 1 aliphatic carbocycles. The van der Waals surface area contributed by atoms with E-state index in [2.05, 4.69) is 6.92 Å². The molecule has 0 bridgehead atoms. The Hall–Kier alpha value is -1.89. The van der Waals surface area contributed by atoms with Crippen molar-refractivity contribution >= 4 is 17.3 Å². The first-order valence-corrected chi connectivity index (χ1v) is 13.8. The molecule has 35 heavy (non-hydrogen) atoms. The molecule has 0 spiro atoms. The number of alkyl halides is 2. The van der Waals surface area contributed by atoms with Gasteiger partial charge in [0.05, 0.1) is 5.56 Å². The van der Waals surface area contributed by atoms with Gasteiger partial charge in [0.2, 0.25) is 5.13 Å². The summed E-state index contributed by atoms with van der Waals surface area (Å²) < 4.78 is 58.6. The molecule has 0 unspecified atom stereocenters. The molecule has 1 aliphatic rings. The van der Waals surface area contributed by atoms with Crippen molar-refractivity contribution in [1.82, 2.24) is 0 Å². The van der Waals surface area contributed by atoms with Gasteiger partial charge in [0.15, 0.2) is 10.9 Å². The fourth-order valence-electron chi connectivity index (χ4n) is 5.14. The molecule has 7 heteroatoms. The van der Waals surface area contributed by atoms with Crippen LogP contribution < -0.4 is 4.74 Å². The smallest absolute Gasteiger partial charge is 0.344 e. The average Bonchev–Trinajstić information content (AvgIpc) is 3.13. The number of hydrogen-bond acceptors (Lipinski definition) is 3. The van der Waals surface area contributed by atoms with Crippen molar-refractivity contribution in [2.75, 3.05) is 0 Å². The molecule has 2 aromatic rings. The van der Waals surface area contributed by atoms with Crippen LogP contribution in [0.5, 0.6) is 5.06 Å². The van der Waals surface area contributed by atoms with E-state index in [0.29, 0.717) is 5.92 Å².